The Balaban J connectivity index is 5.62. The lowest BCUT2D eigenvalue weighted by Gasteiger charge is -2.25. The Morgan fingerprint density at radius 3 is 1.50 bits per heavy atom. The van der Waals surface area contributed by atoms with Gasteiger partial charge < -0.3 is 47.4 Å². The normalized spacial score (nSPS) is 14.7. The monoisotopic (exact) mass is 547 g/mol. The Kier molecular flexibility index (Phi) is 14.0. The highest BCUT2D eigenvalue weighted by Crippen LogP contribution is 2.05. The van der Waals surface area contributed by atoms with E-state index in [0.717, 1.165) is 6.92 Å². The van der Waals surface area contributed by atoms with Crippen molar-refractivity contribution in [1.29, 1.82) is 0 Å². The molecule has 0 spiro atoms. The fourth-order valence-corrected chi connectivity index (χ4v) is 2.81. The van der Waals surface area contributed by atoms with Crippen LogP contribution in [0.25, 0.3) is 0 Å². The first-order valence-electron chi connectivity index (χ1n) is 11.3. The number of hydrogen-bond donors (Lipinski definition) is 9. The second-order valence-corrected chi connectivity index (χ2v) is 8.65. The van der Waals surface area contributed by atoms with Crippen molar-refractivity contribution in [3.8, 4) is 0 Å². The van der Waals surface area contributed by atoms with Crippen molar-refractivity contribution in [1.82, 2.24) is 21.3 Å². The average Bonchev–Trinajstić information content (AvgIpc) is 2.78. The summed E-state index contributed by atoms with van der Waals surface area (Å²) in [6.07, 6.45) is -2.98. The van der Waals surface area contributed by atoms with E-state index in [1.165, 1.54) is 0 Å². The lowest BCUT2D eigenvalue weighted by molar-refractivity contribution is -0.147. The van der Waals surface area contributed by atoms with Gasteiger partial charge >= 0.3 is 23.9 Å². The Bertz CT molecular complexity index is 938. The summed E-state index contributed by atoms with van der Waals surface area (Å²) in [5.41, 5.74) is 5.70. The summed E-state index contributed by atoms with van der Waals surface area (Å²) in [6, 6.07) is -7.64. The Hall–Kier alpha value is -4.28. The quantitative estimate of drug-likeness (QED) is 0.0869. The van der Waals surface area contributed by atoms with Crippen molar-refractivity contribution in [2.45, 2.75) is 76.7 Å². The number of amides is 4. The molecule has 17 nitrogen and oxygen atoms in total. The topological polar surface area (TPSA) is 292 Å². The lowest BCUT2D eigenvalue weighted by Crippen LogP contribution is -2.58. The molecule has 0 heterocycles. The number of carbonyl (C=O) groups excluding carboxylic acids is 4. The molecule has 0 radical (unpaired) electrons. The average molecular weight is 548 g/mol. The molecule has 0 unspecified atom stereocenters. The van der Waals surface area contributed by atoms with Crippen molar-refractivity contribution < 1.29 is 58.8 Å². The molecule has 0 aliphatic heterocycles. The molecule has 0 aliphatic rings. The number of carbonyl (C=O) groups is 8. The van der Waals surface area contributed by atoms with Crippen molar-refractivity contribution >= 4 is 47.5 Å². The second-order valence-electron chi connectivity index (χ2n) is 8.65. The summed E-state index contributed by atoms with van der Waals surface area (Å²) in [4.78, 5) is 94.2. The molecule has 38 heavy (non-hydrogen) atoms. The summed E-state index contributed by atoms with van der Waals surface area (Å²) in [6.45, 7) is 4.34. The molecule has 0 rings (SSSR count). The predicted molar refractivity (Wildman–Crippen MR) is 125 cm³/mol. The molecular formula is C21H33N5O12. The van der Waals surface area contributed by atoms with Gasteiger partial charge in [0.25, 0.3) is 0 Å². The van der Waals surface area contributed by atoms with Crippen molar-refractivity contribution in [3.63, 3.8) is 0 Å². The van der Waals surface area contributed by atoms with Crippen LogP contribution in [0.4, 0.5) is 0 Å². The highest BCUT2D eigenvalue weighted by molar-refractivity contribution is 5.96. The van der Waals surface area contributed by atoms with Crippen LogP contribution in [-0.4, -0.2) is 98.1 Å². The largest absolute Gasteiger partial charge is 0.481 e. The van der Waals surface area contributed by atoms with Crippen LogP contribution in [0.3, 0.4) is 0 Å². The fourth-order valence-electron chi connectivity index (χ4n) is 2.81. The van der Waals surface area contributed by atoms with Gasteiger partial charge in [-0.2, -0.15) is 0 Å². The summed E-state index contributed by atoms with van der Waals surface area (Å²) in [7, 11) is 0. The van der Waals surface area contributed by atoms with E-state index in [1.807, 2.05) is 5.32 Å². The first-order valence-corrected chi connectivity index (χ1v) is 11.3. The molecule has 10 N–H and O–H groups in total. The van der Waals surface area contributed by atoms with Gasteiger partial charge in [-0.05, 0) is 19.3 Å². The number of nitrogens with two attached hydrogens (primary N) is 1. The maximum Gasteiger partial charge on any atom is 0.326 e. The number of aliphatic carboxylic acids is 4. The highest BCUT2D eigenvalue weighted by Gasteiger charge is 2.32. The fraction of sp³-hybridized carbons (Fsp3) is 0.619. The zero-order chi connectivity index (χ0) is 29.7. The van der Waals surface area contributed by atoms with Gasteiger partial charge in [-0.25, -0.2) is 4.79 Å². The molecular weight excluding hydrogens is 514 g/mol. The minimum atomic E-state index is -1.81. The Labute approximate surface area is 216 Å². The van der Waals surface area contributed by atoms with Crippen LogP contribution in [0.2, 0.25) is 0 Å². The van der Waals surface area contributed by atoms with Gasteiger partial charge in [-0.3, -0.25) is 33.6 Å². The van der Waals surface area contributed by atoms with Gasteiger partial charge in [-0.15, -0.1) is 0 Å². The maximum atomic E-state index is 12.8. The van der Waals surface area contributed by atoms with Crippen LogP contribution in [0.15, 0.2) is 0 Å². The van der Waals surface area contributed by atoms with Crippen molar-refractivity contribution in [2.75, 3.05) is 0 Å². The van der Waals surface area contributed by atoms with Crippen molar-refractivity contribution in [3.05, 3.63) is 0 Å². The van der Waals surface area contributed by atoms with Gasteiger partial charge in [0.1, 0.15) is 24.2 Å². The number of carboxylic acid groups (broad SMARTS) is 4. The molecule has 0 aromatic rings. The van der Waals surface area contributed by atoms with E-state index in [4.69, 9.17) is 26.2 Å². The summed E-state index contributed by atoms with van der Waals surface area (Å²) in [5.74, 6) is -10.5. The zero-order valence-electron chi connectivity index (χ0n) is 20.9. The summed E-state index contributed by atoms with van der Waals surface area (Å²) < 4.78 is 0. The first-order chi connectivity index (χ1) is 17.5. The van der Waals surface area contributed by atoms with Crippen LogP contribution in [-0.2, 0) is 38.4 Å². The third-order valence-corrected chi connectivity index (χ3v) is 5.06. The van der Waals surface area contributed by atoms with Gasteiger partial charge in [0.05, 0.1) is 18.9 Å². The maximum absolute atomic E-state index is 12.8. The van der Waals surface area contributed by atoms with E-state index in [9.17, 15) is 38.4 Å². The van der Waals surface area contributed by atoms with Gasteiger partial charge in [0.2, 0.25) is 23.6 Å². The van der Waals surface area contributed by atoms with E-state index in [1.54, 1.807) is 13.8 Å². The number of nitrogens with one attached hydrogen (secondary N) is 4. The molecule has 0 bridgehead atoms. The highest BCUT2D eigenvalue weighted by atomic mass is 16.4. The van der Waals surface area contributed by atoms with Crippen molar-refractivity contribution in [2.24, 2.45) is 11.7 Å². The molecule has 214 valence electrons. The van der Waals surface area contributed by atoms with Gasteiger partial charge in [0.15, 0.2) is 0 Å². The molecule has 0 aliphatic carbocycles. The minimum absolute atomic E-state index is 0.360. The summed E-state index contributed by atoms with van der Waals surface area (Å²) in [5, 5.41) is 44.3. The molecule has 0 saturated heterocycles. The van der Waals surface area contributed by atoms with Crippen LogP contribution in [0.1, 0.15) is 46.5 Å². The van der Waals surface area contributed by atoms with Crippen LogP contribution < -0.4 is 27.0 Å². The van der Waals surface area contributed by atoms with Crippen LogP contribution in [0.5, 0.6) is 0 Å². The first kappa shape index (κ1) is 33.7. The molecule has 17 heteroatoms. The predicted octanol–water partition coefficient (Wildman–Crippen LogP) is -3.17. The molecule has 4 amide bonds. The zero-order valence-corrected chi connectivity index (χ0v) is 20.9. The summed E-state index contributed by atoms with van der Waals surface area (Å²) >= 11 is 0. The number of hydrogen-bond acceptors (Lipinski definition) is 9. The van der Waals surface area contributed by atoms with Gasteiger partial charge in [-0.1, -0.05) is 13.8 Å². The van der Waals surface area contributed by atoms with E-state index in [-0.39, 0.29) is 5.92 Å². The SMILES string of the molecule is CC(C)[C@H](N)C(=O)N[C@@H](CC(=O)O)C(=O)N[C@@H](CCC(=O)O)C(=O)N[C@@H](C)C(=O)N[C@@H](CC(=O)O)C(=O)O. The van der Waals surface area contributed by atoms with E-state index in [2.05, 4.69) is 16.0 Å². The van der Waals surface area contributed by atoms with E-state index < -0.39 is 103 Å². The Morgan fingerprint density at radius 2 is 1.05 bits per heavy atom. The van der Waals surface area contributed by atoms with E-state index in [0.29, 0.717) is 0 Å². The standard InChI is InChI=1S/C21H33N5O12/c1-8(2)16(22)20(36)25-11(6-14(29)30)19(35)24-10(4-5-13(27)28)18(34)23-9(3)17(33)26-12(21(37)38)7-15(31)32/h8-12,16H,4-7,22H2,1-3H3,(H,23,34)(H,24,35)(H,25,36)(H,26,33)(H,27,28)(H,29,30)(H,31,32)(H,37,38)/t9-,10-,11-,12-,16-/m0/s1. The lowest BCUT2D eigenvalue weighted by atomic mass is 10.0. The third-order valence-electron chi connectivity index (χ3n) is 5.06. The molecule has 0 aromatic heterocycles. The number of rotatable bonds is 17. The smallest absolute Gasteiger partial charge is 0.326 e. The molecule has 0 aromatic carbocycles. The molecule has 0 fully saturated rings. The second kappa shape index (κ2) is 15.7. The minimum Gasteiger partial charge on any atom is -0.481 e. The van der Waals surface area contributed by atoms with Crippen LogP contribution >= 0.6 is 0 Å². The van der Waals surface area contributed by atoms with Crippen LogP contribution in [0, 0.1) is 5.92 Å². The van der Waals surface area contributed by atoms with E-state index >= 15 is 0 Å². The third kappa shape index (κ3) is 12.6. The van der Waals surface area contributed by atoms with Gasteiger partial charge in [0, 0.05) is 6.42 Å². The Morgan fingerprint density at radius 1 is 0.605 bits per heavy atom. The molecule has 0 saturated carbocycles. The molecule has 5 atom stereocenters. The number of carboxylic acids is 4.